The van der Waals surface area contributed by atoms with E-state index < -0.39 is 8.07 Å². The highest BCUT2D eigenvalue weighted by atomic mass is 28.3. The highest BCUT2D eigenvalue weighted by Crippen LogP contribution is 2.13. The van der Waals surface area contributed by atoms with Gasteiger partial charge in [-0.3, -0.25) is 0 Å². The van der Waals surface area contributed by atoms with E-state index >= 15 is 0 Å². The molecule has 0 aliphatic carbocycles. The fraction of sp³-hybridized carbons (Fsp3) is 0.455. The zero-order valence-electron chi connectivity index (χ0n) is 9.95. The first-order valence-corrected chi connectivity index (χ1v) is 9.18. The number of hydrogen-bond donors (Lipinski definition) is 1. The monoisotopic (exact) mass is 235 g/mol. The van der Waals surface area contributed by atoms with Gasteiger partial charge >= 0.3 is 6.01 Å². The van der Waals surface area contributed by atoms with E-state index in [9.17, 15) is 0 Å². The van der Waals surface area contributed by atoms with Crippen molar-refractivity contribution in [2.45, 2.75) is 25.7 Å². The van der Waals surface area contributed by atoms with Crippen molar-refractivity contribution in [2.75, 3.05) is 6.61 Å². The van der Waals surface area contributed by atoms with E-state index in [-0.39, 0.29) is 0 Å². The summed E-state index contributed by atoms with van der Waals surface area (Å²) < 4.78 is 5.55. The number of ether oxygens (including phenoxy) is 1. The van der Waals surface area contributed by atoms with Crippen molar-refractivity contribution < 1.29 is 4.74 Å². The summed E-state index contributed by atoms with van der Waals surface area (Å²) in [6.45, 7) is 7.68. The molecule has 0 fully saturated rings. The van der Waals surface area contributed by atoms with Crippen LogP contribution in [0.1, 0.15) is 0 Å². The quantitative estimate of drug-likeness (QED) is 0.829. The van der Waals surface area contributed by atoms with Crippen molar-refractivity contribution in [3.05, 3.63) is 18.5 Å². The van der Waals surface area contributed by atoms with Gasteiger partial charge in [-0.25, -0.2) is 4.98 Å². The topological polar surface area (TPSA) is 50.8 Å². The summed E-state index contributed by atoms with van der Waals surface area (Å²) in [5, 5.41) is 1.01. The number of aromatic nitrogens is 3. The van der Waals surface area contributed by atoms with Gasteiger partial charge in [0.25, 0.3) is 0 Å². The van der Waals surface area contributed by atoms with E-state index in [1.54, 1.807) is 6.20 Å². The van der Waals surface area contributed by atoms with E-state index in [2.05, 4.69) is 34.6 Å². The van der Waals surface area contributed by atoms with Gasteiger partial charge in [-0.15, -0.1) is 0 Å². The van der Waals surface area contributed by atoms with Crippen molar-refractivity contribution in [2.24, 2.45) is 0 Å². The van der Waals surface area contributed by atoms with Crippen molar-refractivity contribution in [1.82, 2.24) is 15.0 Å². The fourth-order valence-corrected chi connectivity index (χ4v) is 2.06. The van der Waals surface area contributed by atoms with Gasteiger partial charge in [0.2, 0.25) is 0 Å². The van der Waals surface area contributed by atoms with Gasteiger partial charge < -0.3 is 9.72 Å². The molecule has 0 aliphatic heterocycles. The molecule has 5 heteroatoms. The maximum atomic E-state index is 5.55. The zero-order valence-corrected chi connectivity index (χ0v) is 10.9. The first-order chi connectivity index (χ1) is 7.54. The van der Waals surface area contributed by atoms with Gasteiger partial charge in [0, 0.05) is 25.9 Å². The molecule has 86 valence electrons. The Kier molecular flexibility index (Phi) is 2.96. The Balaban J connectivity index is 1.99. The van der Waals surface area contributed by atoms with Crippen LogP contribution in [0.2, 0.25) is 25.7 Å². The minimum absolute atomic E-state index is 0.466. The predicted molar refractivity (Wildman–Crippen MR) is 67.5 cm³/mol. The standard InChI is InChI=1S/C11H17N3OSi/c1-16(2,3)7-6-15-11-13-8-9-4-5-12-10(9)14-11/h4-5,8H,6-7H2,1-3H3,(H,12,13,14). The van der Waals surface area contributed by atoms with Crippen molar-refractivity contribution in [3.63, 3.8) is 0 Å². The van der Waals surface area contributed by atoms with Gasteiger partial charge in [0.1, 0.15) is 5.65 Å². The molecular weight excluding hydrogens is 218 g/mol. The third-order valence-electron chi connectivity index (χ3n) is 2.36. The van der Waals surface area contributed by atoms with Crippen molar-refractivity contribution in [3.8, 4) is 6.01 Å². The summed E-state index contributed by atoms with van der Waals surface area (Å²) in [6.07, 6.45) is 3.63. The van der Waals surface area contributed by atoms with Gasteiger partial charge in [-0.05, 0) is 12.1 Å². The lowest BCUT2D eigenvalue weighted by atomic mass is 10.4. The lowest BCUT2D eigenvalue weighted by molar-refractivity contribution is 0.312. The third-order valence-corrected chi connectivity index (χ3v) is 4.07. The van der Waals surface area contributed by atoms with Gasteiger partial charge in [0.05, 0.1) is 6.61 Å². The molecule has 16 heavy (non-hydrogen) atoms. The second kappa shape index (κ2) is 4.25. The number of rotatable bonds is 4. The molecule has 0 aromatic carbocycles. The fourth-order valence-electron chi connectivity index (χ4n) is 1.34. The van der Waals surface area contributed by atoms with Crippen LogP contribution in [0.25, 0.3) is 11.0 Å². The van der Waals surface area contributed by atoms with Crippen LogP contribution in [0.15, 0.2) is 18.5 Å². The molecule has 0 spiro atoms. The minimum atomic E-state index is -1.04. The van der Waals surface area contributed by atoms with Gasteiger partial charge in [0.15, 0.2) is 0 Å². The number of aromatic amines is 1. The second-order valence-corrected chi connectivity index (χ2v) is 10.7. The second-order valence-electron chi connectivity index (χ2n) is 5.09. The van der Waals surface area contributed by atoms with Crippen LogP contribution in [-0.4, -0.2) is 29.6 Å². The van der Waals surface area contributed by atoms with Crippen molar-refractivity contribution in [1.29, 1.82) is 0 Å². The average Bonchev–Trinajstić information content (AvgIpc) is 2.62. The molecule has 0 amide bonds. The van der Waals surface area contributed by atoms with E-state index in [0.29, 0.717) is 12.6 Å². The third kappa shape index (κ3) is 2.82. The maximum Gasteiger partial charge on any atom is 0.318 e. The Morgan fingerprint density at radius 2 is 2.19 bits per heavy atom. The highest BCUT2D eigenvalue weighted by molar-refractivity contribution is 6.76. The summed E-state index contributed by atoms with van der Waals surface area (Å²) in [5.74, 6) is 0. The number of nitrogens with zero attached hydrogens (tertiary/aromatic N) is 2. The molecule has 0 aliphatic rings. The van der Waals surface area contributed by atoms with E-state index in [1.807, 2.05) is 12.3 Å². The minimum Gasteiger partial charge on any atom is -0.464 e. The SMILES string of the molecule is C[Si](C)(C)CCOc1ncc2cc[nH]c2n1. The van der Waals surface area contributed by atoms with E-state index in [0.717, 1.165) is 17.1 Å². The molecule has 4 nitrogen and oxygen atoms in total. The number of hydrogen-bond acceptors (Lipinski definition) is 3. The van der Waals surface area contributed by atoms with Crippen LogP contribution in [0.5, 0.6) is 6.01 Å². The summed E-state index contributed by atoms with van der Waals surface area (Å²) in [5.41, 5.74) is 0.831. The highest BCUT2D eigenvalue weighted by Gasteiger charge is 2.13. The Labute approximate surface area is 96.1 Å². The molecule has 0 unspecified atom stereocenters. The molecule has 0 saturated heterocycles. The molecule has 0 saturated carbocycles. The summed E-state index contributed by atoms with van der Waals surface area (Å²) in [7, 11) is -1.04. The Bertz CT molecular complexity index is 475. The zero-order chi connectivity index (χ0) is 11.6. The first-order valence-electron chi connectivity index (χ1n) is 5.47. The van der Waals surface area contributed by atoms with Crippen LogP contribution in [0, 0.1) is 0 Å². The summed E-state index contributed by atoms with van der Waals surface area (Å²) in [4.78, 5) is 11.5. The number of fused-ring (bicyclic) bond motifs is 1. The van der Waals surface area contributed by atoms with Gasteiger partial charge in [-0.1, -0.05) is 19.6 Å². The van der Waals surface area contributed by atoms with E-state index in [1.165, 1.54) is 0 Å². The van der Waals surface area contributed by atoms with Crippen LogP contribution in [-0.2, 0) is 0 Å². The molecule has 2 rings (SSSR count). The summed E-state index contributed by atoms with van der Waals surface area (Å²) in [6, 6.07) is 3.54. The van der Waals surface area contributed by atoms with Crippen LogP contribution in [0.3, 0.4) is 0 Å². The first kappa shape index (κ1) is 11.1. The van der Waals surface area contributed by atoms with Crippen molar-refractivity contribution >= 4 is 19.1 Å². The molecular formula is C11H17N3OSi. The molecule has 0 atom stereocenters. The molecule has 1 N–H and O–H groups in total. The van der Waals surface area contributed by atoms with E-state index in [4.69, 9.17) is 4.74 Å². The molecule has 2 heterocycles. The Hall–Kier alpha value is -1.36. The van der Waals surface area contributed by atoms with Crippen LogP contribution in [0.4, 0.5) is 0 Å². The molecule has 2 aromatic heterocycles. The number of H-pyrrole nitrogens is 1. The summed E-state index contributed by atoms with van der Waals surface area (Å²) >= 11 is 0. The lowest BCUT2D eigenvalue weighted by Gasteiger charge is -2.14. The molecule has 2 aromatic rings. The Morgan fingerprint density at radius 3 is 2.94 bits per heavy atom. The smallest absolute Gasteiger partial charge is 0.318 e. The largest absolute Gasteiger partial charge is 0.464 e. The molecule has 0 radical (unpaired) electrons. The average molecular weight is 235 g/mol. The maximum absolute atomic E-state index is 5.55. The Morgan fingerprint density at radius 1 is 1.38 bits per heavy atom. The normalized spacial score (nSPS) is 11.9. The van der Waals surface area contributed by atoms with Crippen LogP contribution >= 0.6 is 0 Å². The molecule has 0 bridgehead atoms. The predicted octanol–water partition coefficient (Wildman–Crippen LogP) is 2.67. The van der Waals surface area contributed by atoms with Gasteiger partial charge in [-0.2, -0.15) is 4.98 Å². The lowest BCUT2D eigenvalue weighted by Crippen LogP contribution is -2.22. The van der Waals surface area contributed by atoms with Crippen LogP contribution < -0.4 is 4.74 Å². The number of nitrogens with one attached hydrogen (secondary N) is 1.